The smallest absolute Gasteiger partial charge is 0.118 e. The SMILES string of the molecule is COc1ccc(-c2ccc(C3(OC)CCCc4ccccc43)cc2)cc1. The number of hydrogen-bond donors (Lipinski definition) is 0. The van der Waals surface area contributed by atoms with Crippen LogP contribution in [0.4, 0.5) is 0 Å². The number of methoxy groups -OCH3 is 2. The molecule has 0 aromatic heterocycles. The van der Waals surface area contributed by atoms with Gasteiger partial charge in [0.1, 0.15) is 11.4 Å². The van der Waals surface area contributed by atoms with Gasteiger partial charge in [0.25, 0.3) is 0 Å². The van der Waals surface area contributed by atoms with E-state index < -0.39 is 0 Å². The molecule has 132 valence electrons. The summed E-state index contributed by atoms with van der Waals surface area (Å²) in [7, 11) is 3.52. The average molecular weight is 344 g/mol. The first kappa shape index (κ1) is 16.9. The van der Waals surface area contributed by atoms with E-state index in [-0.39, 0.29) is 5.60 Å². The van der Waals surface area contributed by atoms with Gasteiger partial charge in [0, 0.05) is 7.11 Å². The molecule has 1 atom stereocenters. The highest BCUT2D eigenvalue weighted by Crippen LogP contribution is 2.43. The van der Waals surface area contributed by atoms with Crippen LogP contribution in [0.2, 0.25) is 0 Å². The first-order chi connectivity index (χ1) is 12.8. The van der Waals surface area contributed by atoms with Gasteiger partial charge >= 0.3 is 0 Å². The van der Waals surface area contributed by atoms with Crippen molar-refractivity contribution in [3.05, 3.63) is 89.5 Å². The van der Waals surface area contributed by atoms with Crippen LogP contribution in [-0.2, 0) is 16.8 Å². The lowest BCUT2D eigenvalue weighted by Crippen LogP contribution is -2.34. The van der Waals surface area contributed by atoms with Crippen molar-refractivity contribution in [1.82, 2.24) is 0 Å². The van der Waals surface area contributed by atoms with Crippen LogP contribution in [0.3, 0.4) is 0 Å². The highest BCUT2D eigenvalue weighted by Gasteiger charge is 2.38. The predicted octanol–water partition coefficient (Wildman–Crippen LogP) is 5.59. The molecule has 3 aromatic carbocycles. The van der Waals surface area contributed by atoms with Crippen LogP contribution in [0.5, 0.6) is 5.75 Å². The van der Waals surface area contributed by atoms with Crippen molar-refractivity contribution in [3.63, 3.8) is 0 Å². The molecule has 0 amide bonds. The molecule has 2 heteroatoms. The fourth-order valence-electron chi connectivity index (χ4n) is 4.14. The van der Waals surface area contributed by atoms with Gasteiger partial charge in [0.05, 0.1) is 7.11 Å². The number of rotatable bonds is 4. The summed E-state index contributed by atoms with van der Waals surface area (Å²) in [5.41, 5.74) is 5.99. The topological polar surface area (TPSA) is 18.5 Å². The van der Waals surface area contributed by atoms with Gasteiger partial charge in [-0.2, -0.15) is 0 Å². The van der Waals surface area contributed by atoms with Crippen molar-refractivity contribution in [3.8, 4) is 16.9 Å². The molecule has 1 aliphatic carbocycles. The summed E-state index contributed by atoms with van der Waals surface area (Å²) in [6, 6.07) is 25.7. The van der Waals surface area contributed by atoms with Crippen LogP contribution >= 0.6 is 0 Å². The maximum atomic E-state index is 6.15. The zero-order valence-corrected chi connectivity index (χ0v) is 15.4. The Bertz CT molecular complexity index is 881. The molecule has 0 saturated carbocycles. The molecule has 1 aliphatic rings. The normalized spacial score (nSPS) is 19.0. The molecule has 0 saturated heterocycles. The fraction of sp³-hybridized carbons (Fsp3) is 0.250. The van der Waals surface area contributed by atoms with Gasteiger partial charge in [-0.1, -0.05) is 60.7 Å². The van der Waals surface area contributed by atoms with E-state index in [4.69, 9.17) is 9.47 Å². The molecule has 3 aromatic rings. The Kier molecular flexibility index (Phi) is 4.52. The molecule has 0 aliphatic heterocycles. The van der Waals surface area contributed by atoms with Crippen molar-refractivity contribution in [2.24, 2.45) is 0 Å². The van der Waals surface area contributed by atoms with E-state index in [0.29, 0.717) is 0 Å². The van der Waals surface area contributed by atoms with Crippen LogP contribution < -0.4 is 4.74 Å². The summed E-state index contributed by atoms with van der Waals surface area (Å²) in [5.74, 6) is 0.877. The summed E-state index contributed by atoms with van der Waals surface area (Å²) in [6.07, 6.45) is 3.29. The van der Waals surface area contributed by atoms with Crippen molar-refractivity contribution in [2.45, 2.75) is 24.9 Å². The second kappa shape index (κ2) is 6.97. The van der Waals surface area contributed by atoms with Gasteiger partial charge in [0.15, 0.2) is 0 Å². The predicted molar refractivity (Wildman–Crippen MR) is 106 cm³/mol. The first-order valence-electron chi connectivity index (χ1n) is 9.15. The second-order valence-electron chi connectivity index (χ2n) is 6.85. The number of benzene rings is 3. The molecule has 0 spiro atoms. The average Bonchev–Trinajstić information content (AvgIpc) is 2.73. The van der Waals surface area contributed by atoms with E-state index in [1.54, 1.807) is 7.11 Å². The summed E-state index contributed by atoms with van der Waals surface area (Å²) in [6.45, 7) is 0. The molecule has 1 unspecified atom stereocenters. The number of aryl methyl sites for hydroxylation is 1. The third-order valence-electron chi connectivity index (χ3n) is 5.55. The quantitative estimate of drug-likeness (QED) is 0.614. The number of fused-ring (bicyclic) bond motifs is 1. The van der Waals surface area contributed by atoms with E-state index in [1.807, 2.05) is 19.2 Å². The van der Waals surface area contributed by atoms with E-state index in [9.17, 15) is 0 Å². The maximum Gasteiger partial charge on any atom is 0.118 e. The highest BCUT2D eigenvalue weighted by molar-refractivity contribution is 5.65. The van der Waals surface area contributed by atoms with Crippen molar-refractivity contribution in [2.75, 3.05) is 14.2 Å². The van der Waals surface area contributed by atoms with Crippen LogP contribution in [-0.4, -0.2) is 14.2 Å². The van der Waals surface area contributed by atoms with Gasteiger partial charge < -0.3 is 9.47 Å². The van der Waals surface area contributed by atoms with Crippen molar-refractivity contribution >= 4 is 0 Å². The van der Waals surface area contributed by atoms with Crippen LogP contribution in [0, 0.1) is 0 Å². The Balaban J connectivity index is 1.71. The van der Waals surface area contributed by atoms with E-state index in [0.717, 1.165) is 25.0 Å². The Morgan fingerprint density at radius 2 is 1.42 bits per heavy atom. The lowest BCUT2D eigenvalue weighted by Gasteiger charge is -2.38. The van der Waals surface area contributed by atoms with E-state index in [1.165, 1.54) is 27.8 Å². The molecule has 0 radical (unpaired) electrons. The van der Waals surface area contributed by atoms with Crippen LogP contribution in [0.1, 0.15) is 29.5 Å². The minimum absolute atomic E-state index is 0.340. The largest absolute Gasteiger partial charge is 0.497 e. The molecule has 0 bridgehead atoms. The summed E-state index contributed by atoms with van der Waals surface area (Å²) >= 11 is 0. The summed E-state index contributed by atoms with van der Waals surface area (Å²) in [5, 5.41) is 0. The van der Waals surface area contributed by atoms with Crippen molar-refractivity contribution in [1.29, 1.82) is 0 Å². The second-order valence-corrected chi connectivity index (χ2v) is 6.85. The maximum absolute atomic E-state index is 6.15. The monoisotopic (exact) mass is 344 g/mol. The minimum Gasteiger partial charge on any atom is -0.497 e. The van der Waals surface area contributed by atoms with E-state index in [2.05, 4.69) is 60.7 Å². The molecule has 0 N–H and O–H groups in total. The zero-order chi connectivity index (χ0) is 18.0. The molecule has 26 heavy (non-hydrogen) atoms. The van der Waals surface area contributed by atoms with Gasteiger partial charge in [-0.3, -0.25) is 0 Å². The lowest BCUT2D eigenvalue weighted by atomic mass is 9.74. The Morgan fingerprint density at radius 1 is 0.769 bits per heavy atom. The summed E-state index contributed by atoms with van der Waals surface area (Å²) in [4.78, 5) is 0. The van der Waals surface area contributed by atoms with Gasteiger partial charge in [0.2, 0.25) is 0 Å². The van der Waals surface area contributed by atoms with Crippen molar-refractivity contribution < 1.29 is 9.47 Å². The molecule has 0 heterocycles. The molecule has 4 rings (SSSR count). The van der Waals surface area contributed by atoms with E-state index >= 15 is 0 Å². The first-order valence-corrected chi connectivity index (χ1v) is 9.15. The lowest BCUT2D eigenvalue weighted by molar-refractivity contribution is 0.00731. The number of ether oxygens (including phenoxy) is 2. The third kappa shape index (κ3) is 2.81. The molecular formula is C24H24O2. The Labute approximate surface area is 155 Å². The molecular weight excluding hydrogens is 320 g/mol. The third-order valence-corrected chi connectivity index (χ3v) is 5.55. The minimum atomic E-state index is -0.340. The standard InChI is InChI=1S/C24H24O2/c1-25-22-15-11-19(12-16-22)18-9-13-21(14-10-18)24(26-2)17-5-7-20-6-3-4-8-23(20)24/h3-4,6,8-16H,5,7,17H2,1-2H3. The van der Waals surface area contributed by atoms with Gasteiger partial charge in [-0.05, 0) is 59.2 Å². The number of hydrogen-bond acceptors (Lipinski definition) is 2. The molecule has 2 nitrogen and oxygen atoms in total. The summed E-state index contributed by atoms with van der Waals surface area (Å²) < 4.78 is 11.4. The zero-order valence-electron chi connectivity index (χ0n) is 15.4. The Hall–Kier alpha value is -2.58. The van der Waals surface area contributed by atoms with Crippen LogP contribution in [0.15, 0.2) is 72.8 Å². The van der Waals surface area contributed by atoms with Gasteiger partial charge in [-0.25, -0.2) is 0 Å². The fourth-order valence-corrected chi connectivity index (χ4v) is 4.14. The van der Waals surface area contributed by atoms with Gasteiger partial charge in [-0.15, -0.1) is 0 Å². The van der Waals surface area contributed by atoms with Crippen LogP contribution in [0.25, 0.3) is 11.1 Å². The highest BCUT2D eigenvalue weighted by atomic mass is 16.5. The molecule has 0 fully saturated rings. The Morgan fingerprint density at radius 3 is 2.08 bits per heavy atom.